The number of amides is 1. The van der Waals surface area contributed by atoms with Crippen molar-refractivity contribution < 1.29 is 18.7 Å². The van der Waals surface area contributed by atoms with Crippen LogP contribution in [-0.2, 0) is 0 Å². The average molecular weight is 420 g/mol. The van der Waals surface area contributed by atoms with E-state index < -0.39 is 0 Å². The molecule has 3 aromatic carbocycles. The Morgan fingerprint density at radius 3 is 2.43 bits per heavy atom. The molecule has 4 rings (SSSR count). The van der Waals surface area contributed by atoms with E-state index in [1.165, 1.54) is 0 Å². The predicted molar refractivity (Wildman–Crippen MR) is 117 cm³/mol. The van der Waals surface area contributed by atoms with Gasteiger partial charge >= 0.3 is 0 Å². The first-order chi connectivity index (χ1) is 14.5. The molecule has 1 amide bonds. The average Bonchev–Trinajstić information content (AvgIpc) is 3.09. The first-order valence-electron chi connectivity index (χ1n) is 9.25. The molecule has 1 heterocycles. The van der Waals surface area contributed by atoms with Gasteiger partial charge in [-0.2, -0.15) is 0 Å². The minimum absolute atomic E-state index is 0.212. The van der Waals surface area contributed by atoms with Gasteiger partial charge in [0.25, 0.3) is 5.91 Å². The summed E-state index contributed by atoms with van der Waals surface area (Å²) in [5, 5.41) is 4.12. The minimum Gasteiger partial charge on any atom is -0.497 e. The maximum atomic E-state index is 12.9. The molecule has 30 heavy (non-hydrogen) atoms. The van der Waals surface area contributed by atoms with Crippen LogP contribution in [0.2, 0.25) is 5.02 Å². The van der Waals surface area contributed by atoms with Crippen LogP contribution in [0.3, 0.4) is 0 Å². The van der Waals surface area contributed by atoms with Crippen molar-refractivity contribution in [2.24, 2.45) is 0 Å². The molecule has 0 atom stereocenters. The lowest BCUT2D eigenvalue weighted by Crippen LogP contribution is -2.11. The van der Waals surface area contributed by atoms with E-state index in [0.29, 0.717) is 33.2 Å². The number of carbonyl (C=O) groups is 2. The molecular formula is C24H18ClNO4. The Kier molecular flexibility index (Phi) is 5.29. The van der Waals surface area contributed by atoms with Gasteiger partial charge in [0.1, 0.15) is 11.3 Å². The van der Waals surface area contributed by atoms with Gasteiger partial charge in [-0.05, 0) is 61.5 Å². The molecule has 0 spiro atoms. The summed E-state index contributed by atoms with van der Waals surface area (Å²) in [6.07, 6.45) is 0. The quantitative estimate of drug-likeness (QED) is 0.410. The highest BCUT2D eigenvalue weighted by molar-refractivity contribution is 6.31. The molecule has 4 aromatic rings. The lowest BCUT2D eigenvalue weighted by Gasteiger charge is -2.05. The number of hydrogen-bond donors (Lipinski definition) is 1. The summed E-state index contributed by atoms with van der Waals surface area (Å²) in [5.74, 6) is 0.451. The normalized spacial score (nSPS) is 10.8. The fourth-order valence-electron chi connectivity index (χ4n) is 3.23. The number of aryl methyl sites for hydroxylation is 1. The van der Waals surface area contributed by atoms with Crippen molar-refractivity contribution in [3.05, 3.63) is 94.2 Å². The van der Waals surface area contributed by atoms with Crippen LogP contribution in [0.5, 0.6) is 5.75 Å². The Morgan fingerprint density at radius 2 is 1.73 bits per heavy atom. The monoisotopic (exact) mass is 419 g/mol. The zero-order valence-electron chi connectivity index (χ0n) is 16.4. The fourth-order valence-corrected chi connectivity index (χ4v) is 3.42. The van der Waals surface area contributed by atoms with E-state index in [4.69, 9.17) is 20.8 Å². The molecule has 0 bridgehead atoms. The summed E-state index contributed by atoms with van der Waals surface area (Å²) in [5.41, 5.74) is 2.79. The Balaban J connectivity index is 1.62. The summed E-state index contributed by atoms with van der Waals surface area (Å²) in [7, 11) is 1.57. The molecule has 0 unspecified atom stereocenters. The Hall–Kier alpha value is -3.57. The number of ketones is 1. The number of halogens is 1. The minimum atomic E-state index is -0.283. The van der Waals surface area contributed by atoms with Crippen LogP contribution in [0, 0.1) is 6.92 Å². The van der Waals surface area contributed by atoms with E-state index >= 15 is 0 Å². The van der Waals surface area contributed by atoms with Gasteiger partial charge in [0, 0.05) is 38.9 Å². The molecule has 1 N–H and O–H groups in total. The van der Waals surface area contributed by atoms with E-state index in [9.17, 15) is 9.59 Å². The van der Waals surface area contributed by atoms with Gasteiger partial charge in [-0.15, -0.1) is 0 Å². The number of furan rings is 1. The number of ether oxygens (including phenoxy) is 1. The largest absolute Gasteiger partial charge is 0.497 e. The van der Waals surface area contributed by atoms with E-state index in [2.05, 4.69) is 5.32 Å². The van der Waals surface area contributed by atoms with E-state index in [-0.39, 0.29) is 17.5 Å². The zero-order chi connectivity index (χ0) is 21.3. The second-order valence-corrected chi connectivity index (χ2v) is 7.23. The number of rotatable bonds is 5. The fraction of sp³-hybridized carbons (Fsp3) is 0.0833. The molecule has 0 radical (unpaired) electrons. The Labute approximate surface area is 178 Å². The standard InChI is InChI=1S/C24H18ClNO4/c1-14-20-11-8-18(26-24(28)16-4-3-5-17(25)12-16)13-21(20)30-23(14)22(27)15-6-9-19(29-2)10-7-15/h3-13H,1-2H3,(H,26,28). The van der Waals surface area contributed by atoms with Gasteiger partial charge in [0.05, 0.1) is 7.11 Å². The van der Waals surface area contributed by atoms with Crippen LogP contribution in [0.15, 0.2) is 71.1 Å². The molecule has 0 aliphatic rings. The summed E-state index contributed by atoms with van der Waals surface area (Å²) in [6, 6.07) is 18.9. The van der Waals surface area contributed by atoms with Gasteiger partial charge in [-0.25, -0.2) is 0 Å². The van der Waals surface area contributed by atoms with Gasteiger partial charge in [0.2, 0.25) is 5.78 Å². The van der Waals surface area contributed by atoms with Crippen LogP contribution in [0.4, 0.5) is 5.69 Å². The highest BCUT2D eigenvalue weighted by Crippen LogP contribution is 2.30. The van der Waals surface area contributed by atoms with Crippen molar-refractivity contribution in [1.29, 1.82) is 0 Å². The Bertz CT molecular complexity index is 1260. The number of anilines is 1. The number of carbonyl (C=O) groups excluding carboxylic acids is 2. The van der Waals surface area contributed by atoms with E-state index in [1.807, 2.05) is 13.0 Å². The van der Waals surface area contributed by atoms with Crippen LogP contribution in [0.25, 0.3) is 11.0 Å². The first-order valence-corrected chi connectivity index (χ1v) is 9.63. The Morgan fingerprint density at radius 1 is 0.967 bits per heavy atom. The van der Waals surface area contributed by atoms with E-state index in [0.717, 1.165) is 10.9 Å². The van der Waals surface area contributed by atoms with E-state index in [1.54, 1.807) is 67.8 Å². The number of benzene rings is 3. The van der Waals surface area contributed by atoms with Gasteiger partial charge in [-0.3, -0.25) is 9.59 Å². The third kappa shape index (κ3) is 3.80. The topological polar surface area (TPSA) is 68.5 Å². The summed E-state index contributed by atoms with van der Waals surface area (Å²) < 4.78 is 11.0. The maximum absolute atomic E-state index is 12.9. The third-order valence-electron chi connectivity index (χ3n) is 4.84. The molecule has 0 saturated carbocycles. The van der Waals surface area contributed by atoms with Gasteiger partial charge < -0.3 is 14.5 Å². The summed E-state index contributed by atoms with van der Waals surface area (Å²) in [4.78, 5) is 25.4. The molecule has 0 saturated heterocycles. The van der Waals surface area contributed by atoms with Crippen LogP contribution < -0.4 is 10.1 Å². The van der Waals surface area contributed by atoms with Crippen molar-refractivity contribution in [3.63, 3.8) is 0 Å². The molecule has 0 fully saturated rings. The molecule has 150 valence electrons. The van der Waals surface area contributed by atoms with Crippen LogP contribution in [0.1, 0.15) is 32.0 Å². The van der Waals surface area contributed by atoms with Crippen LogP contribution in [-0.4, -0.2) is 18.8 Å². The second kappa shape index (κ2) is 8.05. The summed E-state index contributed by atoms with van der Waals surface area (Å²) >= 11 is 5.95. The smallest absolute Gasteiger partial charge is 0.255 e. The van der Waals surface area contributed by atoms with Crippen molar-refractivity contribution in [1.82, 2.24) is 0 Å². The molecule has 0 aliphatic heterocycles. The number of hydrogen-bond acceptors (Lipinski definition) is 4. The van der Waals surface area contributed by atoms with Gasteiger partial charge in [0.15, 0.2) is 5.76 Å². The lowest BCUT2D eigenvalue weighted by atomic mass is 10.0. The maximum Gasteiger partial charge on any atom is 0.255 e. The predicted octanol–water partition coefficient (Wildman–Crippen LogP) is 5.89. The highest BCUT2D eigenvalue weighted by atomic mass is 35.5. The van der Waals surface area contributed by atoms with Crippen molar-refractivity contribution in [3.8, 4) is 5.75 Å². The molecule has 0 aliphatic carbocycles. The second-order valence-electron chi connectivity index (χ2n) is 6.79. The number of methoxy groups -OCH3 is 1. The molecule has 1 aromatic heterocycles. The molecular weight excluding hydrogens is 402 g/mol. The summed E-state index contributed by atoms with van der Waals surface area (Å²) in [6.45, 7) is 1.84. The molecule has 5 nitrogen and oxygen atoms in total. The van der Waals surface area contributed by atoms with Gasteiger partial charge in [-0.1, -0.05) is 17.7 Å². The van der Waals surface area contributed by atoms with Crippen molar-refractivity contribution >= 4 is 39.9 Å². The van der Waals surface area contributed by atoms with Crippen molar-refractivity contribution in [2.75, 3.05) is 12.4 Å². The highest BCUT2D eigenvalue weighted by Gasteiger charge is 2.20. The SMILES string of the molecule is COc1ccc(C(=O)c2oc3cc(NC(=O)c4cccc(Cl)c4)ccc3c2C)cc1. The zero-order valence-corrected chi connectivity index (χ0v) is 17.1. The van der Waals surface area contributed by atoms with Crippen LogP contribution >= 0.6 is 11.6 Å². The third-order valence-corrected chi connectivity index (χ3v) is 5.08. The lowest BCUT2D eigenvalue weighted by molar-refractivity contribution is 0.101. The number of fused-ring (bicyclic) bond motifs is 1. The first kappa shape index (κ1) is 19.7. The molecule has 6 heteroatoms. The van der Waals surface area contributed by atoms with Crippen molar-refractivity contribution in [2.45, 2.75) is 6.92 Å². The number of nitrogens with one attached hydrogen (secondary N) is 1.